The van der Waals surface area contributed by atoms with Crippen molar-refractivity contribution < 1.29 is 0 Å². The largest absolute Gasteiger partial charge is 0.300 e. The maximum absolute atomic E-state index is 4.41. The van der Waals surface area contributed by atoms with Crippen LogP contribution in [-0.2, 0) is 0 Å². The van der Waals surface area contributed by atoms with Crippen molar-refractivity contribution in [1.82, 2.24) is 14.8 Å². The molecule has 1 aromatic heterocycles. The number of aryl methyl sites for hydroxylation is 1. The quantitative estimate of drug-likeness (QED) is 0.848. The Morgan fingerprint density at radius 2 is 1.90 bits per heavy atom. The van der Waals surface area contributed by atoms with E-state index in [1.807, 2.05) is 6.20 Å². The zero-order chi connectivity index (χ0) is 14.5. The van der Waals surface area contributed by atoms with Crippen LogP contribution in [0.3, 0.4) is 0 Å². The smallest absolute Gasteiger partial charge is 0.0627 e. The van der Waals surface area contributed by atoms with Crippen molar-refractivity contribution in [2.45, 2.75) is 38.6 Å². The van der Waals surface area contributed by atoms with E-state index in [1.165, 1.54) is 57.4 Å². The van der Waals surface area contributed by atoms with Crippen LogP contribution in [0.2, 0.25) is 0 Å². The maximum atomic E-state index is 4.41. The molecule has 2 aliphatic rings. The minimum Gasteiger partial charge on any atom is -0.300 e. The predicted octanol–water partition coefficient (Wildman–Crippen LogP) is 2.96. The normalized spacial score (nSPS) is 22.3. The lowest BCUT2D eigenvalue weighted by atomic mass is 10.0. The molecule has 0 aliphatic carbocycles. The van der Waals surface area contributed by atoms with Crippen LogP contribution in [0.5, 0.6) is 0 Å². The molecule has 0 spiro atoms. The number of aromatic nitrogens is 1. The Kier molecular flexibility index (Phi) is 5.04. The van der Waals surface area contributed by atoms with Crippen molar-refractivity contribution in [3.05, 3.63) is 35.7 Å². The molecular weight excluding hydrogens is 258 g/mol. The summed E-state index contributed by atoms with van der Waals surface area (Å²) in [6.45, 7) is 8.29. The van der Waals surface area contributed by atoms with Gasteiger partial charge in [-0.1, -0.05) is 12.1 Å². The Balaban J connectivity index is 1.41. The van der Waals surface area contributed by atoms with Gasteiger partial charge in [-0.3, -0.25) is 9.88 Å². The van der Waals surface area contributed by atoms with Gasteiger partial charge in [-0.05, 0) is 76.5 Å². The molecule has 0 bridgehead atoms. The molecule has 0 atom stereocenters. The van der Waals surface area contributed by atoms with E-state index >= 15 is 0 Å². The molecule has 3 nitrogen and oxygen atoms in total. The Hall–Kier alpha value is -1.19. The van der Waals surface area contributed by atoms with Crippen LogP contribution >= 0.6 is 0 Å². The highest BCUT2D eigenvalue weighted by atomic mass is 15.2. The zero-order valence-electron chi connectivity index (χ0n) is 13.2. The molecule has 2 aliphatic heterocycles. The fraction of sp³-hybridized carbons (Fsp3) is 0.611. The number of piperidine rings is 1. The van der Waals surface area contributed by atoms with Gasteiger partial charge in [-0.2, -0.15) is 0 Å². The van der Waals surface area contributed by atoms with Crippen LogP contribution in [0.1, 0.15) is 36.9 Å². The summed E-state index contributed by atoms with van der Waals surface area (Å²) in [7, 11) is 0. The van der Waals surface area contributed by atoms with E-state index in [9.17, 15) is 0 Å². The second kappa shape index (κ2) is 7.19. The van der Waals surface area contributed by atoms with Gasteiger partial charge in [0.15, 0.2) is 0 Å². The van der Waals surface area contributed by atoms with E-state index < -0.39 is 0 Å². The Labute approximate surface area is 128 Å². The van der Waals surface area contributed by atoms with Crippen LogP contribution in [0.4, 0.5) is 0 Å². The van der Waals surface area contributed by atoms with Gasteiger partial charge in [0.1, 0.15) is 0 Å². The topological polar surface area (TPSA) is 19.4 Å². The first-order valence-corrected chi connectivity index (χ1v) is 8.37. The number of nitrogens with zero attached hydrogens (tertiary/aromatic N) is 3. The fourth-order valence-corrected chi connectivity index (χ4v) is 3.47. The first-order chi connectivity index (χ1) is 10.3. The fourth-order valence-electron chi connectivity index (χ4n) is 3.47. The SMILES string of the molecule is Cc1ccc(/C=C/CN2CCC(N3CCCC3)CC2)nc1. The maximum Gasteiger partial charge on any atom is 0.0627 e. The lowest BCUT2D eigenvalue weighted by molar-refractivity contribution is 0.135. The molecule has 3 heteroatoms. The van der Waals surface area contributed by atoms with E-state index in [2.05, 4.69) is 46.0 Å². The van der Waals surface area contributed by atoms with Crippen molar-refractivity contribution >= 4 is 6.08 Å². The van der Waals surface area contributed by atoms with Crippen LogP contribution in [0, 0.1) is 6.92 Å². The van der Waals surface area contributed by atoms with E-state index in [4.69, 9.17) is 0 Å². The second-order valence-corrected chi connectivity index (χ2v) is 6.44. The van der Waals surface area contributed by atoms with Crippen LogP contribution < -0.4 is 0 Å². The lowest BCUT2D eigenvalue weighted by Gasteiger charge is -2.36. The molecule has 1 aromatic rings. The van der Waals surface area contributed by atoms with Gasteiger partial charge in [0.2, 0.25) is 0 Å². The summed E-state index contributed by atoms with van der Waals surface area (Å²) in [6, 6.07) is 5.06. The molecule has 3 rings (SSSR count). The molecular formula is C18H27N3. The molecule has 114 valence electrons. The predicted molar refractivity (Wildman–Crippen MR) is 88.3 cm³/mol. The molecule has 0 radical (unpaired) electrons. The molecule has 2 fully saturated rings. The van der Waals surface area contributed by atoms with Crippen molar-refractivity contribution in [3.8, 4) is 0 Å². The van der Waals surface area contributed by atoms with Crippen molar-refractivity contribution in [3.63, 3.8) is 0 Å². The molecule has 0 saturated carbocycles. The van der Waals surface area contributed by atoms with E-state index in [0.29, 0.717) is 0 Å². The summed E-state index contributed by atoms with van der Waals surface area (Å²) in [6.07, 6.45) is 11.8. The van der Waals surface area contributed by atoms with E-state index in [-0.39, 0.29) is 0 Å². The molecule has 0 aromatic carbocycles. The minimum absolute atomic E-state index is 0.853. The summed E-state index contributed by atoms with van der Waals surface area (Å²) >= 11 is 0. The second-order valence-electron chi connectivity index (χ2n) is 6.44. The van der Waals surface area contributed by atoms with Crippen LogP contribution in [-0.4, -0.2) is 53.5 Å². The number of pyridine rings is 1. The van der Waals surface area contributed by atoms with Crippen molar-refractivity contribution in [2.24, 2.45) is 0 Å². The zero-order valence-corrected chi connectivity index (χ0v) is 13.2. The number of likely N-dealkylation sites (tertiary alicyclic amines) is 2. The summed E-state index contributed by atoms with van der Waals surface area (Å²) in [5, 5.41) is 0. The molecule has 3 heterocycles. The first-order valence-electron chi connectivity index (χ1n) is 8.37. The van der Waals surface area contributed by atoms with Gasteiger partial charge in [0.25, 0.3) is 0 Å². The summed E-state index contributed by atoms with van der Waals surface area (Å²) in [5.41, 5.74) is 2.28. The standard InChI is InChI=1S/C18H27N3/c1-16-6-7-17(19-15-16)5-4-10-20-13-8-18(9-14-20)21-11-2-3-12-21/h4-7,15,18H,2-3,8-14H2,1H3/b5-4+. The molecule has 21 heavy (non-hydrogen) atoms. The summed E-state index contributed by atoms with van der Waals surface area (Å²) in [5.74, 6) is 0. The highest BCUT2D eigenvalue weighted by Crippen LogP contribution is 2.20. The van der Waals surface area contributed by atoms with Gasteiger partial charge in [0, 0.05) is 18.8 Å². The number of hydrogen-bond acceptors (Lipinski definition) is 3. The van der Waals surface area contributed by atoms with Gasteiger partial charge >= 0.3 is 0 Å². The van der Waals surface area contributed by atoms with Crippen molar-refractivity contribution in [2.75, 3.05) is 32.7 Å². The Bertz CT molecular complexity index is 452. The Morgan fingerprint density at radius 3 is 2.57 bits per heavy atom. The first kappa shape index (κ1) is 14.7. The average molecular weight is 285 g/mol. The molecule has 2 saturated heterocycles. The van der Waals surface area contributed by atoms with Gasteiger partial charge < -0.3 is 4.90 Å². The van der Waals surface area contributed by atoms with Gasteiger partial charge in [-0.15, -0.1) is 0 Å². The number of hydrogen-bond donors (Lipinski definition) is 0. The average Bonchev–Trinajstić information content (AvgIpc) is 3.04. The van der Waals surface area contributed by atoms with E-state index in [1.54, 1.807) is 0 Å². The third kappa shape index (κ3) is 4.14. The molecule has 0 amide bonds. The third-order valence-electron chi connectivity index (χ3n) is 4.80. The third-order valence-corrected chi connectivity index (χ3v) is 4.80. The van der Waals surface area contributed by atoms with Crippen molar-refractivity contribution in [1.29, 1.82) is 0 Å². The monoisotopic (exact) mass is 285 g/mol. The van der Waals surface area contributed by atoms with Gasteiger partial charge in [0.05, 0.1) is 5.69 Å². The number of rotatable bonds is 4. The van der Waals surface area contributed by atoms with Crippen LogP contribution in [0.25, 0.3) is 6.08 Å². The van der Waals surface area contributed by atoms with E-state index in [0.717, 1.165) is 18.3 Å². The Morgan fingerprint density at radius 1 is 1.14 bits per heavy atom. The van der Waals surface area contributed by atoms with Crippen LogP contribution in [0.15, 0.2) is 24.4 Å². The molecule has 0 unspecified atom stereocenters. The van der Waals surface area contributed by atoms with Gasteiger partial charge in [-0.25, -0.2) is 0 Å². The highest BCUT2D eigenvalue weighted by Gasteiger charge is 2.25. The molecule has 0 N–H and O–H groups in total. The minimum atomic E-state index is 0.853. The summed E-state index contributed by atoms with van der Waals surface area (Å²) < 4.78 is 0. The highest BCUT2D eigenvalue weighted by molar-refractivity contribution is 5.44. The lowest BCUT2D eigenvalue weighted by Crippen LogP contribution is -2.43. The summed E-state index contributed by atoms with van der Waals surface area (Å²) in [4.78, 5) is 9.69.